The summed E-state index contributed by atoms with van der Waals surface area (Å²) in [5.74, 6) is 2.64. The van der Waals surface area contributed by atoms with Gasteiger partial charge in [0.15, 0.2) is 0 Å². The van der Waals surface area contributed by atoms with Gasteiger partial charge in [0, 0.05) is 31.7 Å². The zero-order valence-electron chi connectivity index (χ0n) is 10.8. The third-order valence-electron chi connectivity index (χ3n) is 3.12. The van der Waals surface area contributed by atoms with E-state index >= 15 is 0 Å². The standard InChI is InChI=1S/C12H21N5/c1-8(7-13)17(3)12-6-11(14-9(2)15-12)16-10-4-5-10/h6,8,10H,4-5,7,13H2,1-3H3,(H,14,15,16). The molecule has 1 unspecified atom stereocenters. The van der Waals surface area contributed by atoms with Gasteiger partial charge < -0.3 is 16.0 Å². The molecule has 5 nitrogen and oxygen atoms in total. The van der Waals surface area contributed by atoms with Crippen molar-refractivity contribution in [2.45, 2.75) is 38.8 Å². The van der Waals surface area contributed by atoms with Crippen molar-refractivity contribution in [2.75, 3.05) is 23.8 Å². The van der Waals surface area contributed by atoms with Crippen LogP contribution in [-0.4, -0.2) is 35.6 Å². The van der Waals surface area contributed by atoms with Crippen molar-refractivity contribution in [3.8, 4) is 0 Å². The van der Waals surface area contributed by atoms with E-state index in [2.05, 4.69) is 27.1 Å². The van der Waals surface area contributed by atoms with Gasteiger partial charge in [-0.3, -0.25) is 0 Å². The van der Waals surface area contributed by atoms with Gasteiger partial charge in [0.2, 0.25) is 0 Å². The predicted octanol–water partition coefficient (Wildman–Crippen LogP) is 1.14. The summed E-state index contributed by atoms with van der Waals surface area (Å²) in [6.07, 6.45) is 2.49. The highest BCUT2D eigenvalue weighted by Crippen LogP contribution is 2.25. The highest BCUT2D eigenvalue weighted by Gasteiger charge is 2.22. The zero-order chi connectivity index (χ0) is 12.4. The van der Waals surface area contributed by atoms with Gasteiger partial charge in [-0.15, -0.1) is 0 Å². The summed E-state index contributed by atoms with van der Waals surface area (Å²) in [6.45, 7) is 4.62. The minimum atomic E-state index is 0.276. The Morgan fingerprint density at radius 1 is 1.53 bits per heavy atom. The summed E-state index contributed by atoms with van der Waals surface area (Å²) in [4.78, 5) is 10.9. The molecule has 0 aliphatic heterocycles. The van der Waals surface area contributed by atoms with Crippen LogP contribution < -0.4 is 16.0 Å². The van der Waals surface area contributed by atoms with Gasteiger partial charge in [0.05, 0.1) is 0 Å². The monoisotopic (exact) mass is 235 g/mol. The number of rotatable bonds is 5. The Bertz CT molecular complexity index is 388. The molecule has 0 amide bonds. The van der Waals surface area contributed by atoms with Crippen LogP contribution in [0.2, 0.25) is 0 Å². The number of nitrogens with two attached hydrogens (primary N) is 1. The number of hydrogen-bond donors (Lipinski definition) is 2. The Kier molecular flexibility index (Phi) is 3.47. The molecule has 0 bridgehead atoms. The van der Waals surface area contributed by atoms with Crippen molar-refractivity contribution in [3.63, 3.8) is 0 Å². The molecule has 1 aliphatic rings. The average Bonchev–Trinajstić information content (AvgIpc) is 3.10. The molecule has 1 atom stereocenters. The highest BCUT2D eigenvalue weighted by molar-refractivity contribution is 5.50. The Morgan fingerprint density at radius 2 is 2.24 bits per heavy atom. The first kappa shape index (κ1) is 12.1. The molecule has 1 aromatic heterocycles. The van der Waals surface area contributed by atoms with E-state index < -0.39 is 0 Å². The minimum absolute atomic E-state index is 0.276. The number of likely N-dealkylation sites (N-methyl/N-ethyl adjacent to an activating group) is 1. The lowest BCUT2D eigenvalue weighted by Gasteiger charge is -2.25. The molecule has 1 aromatic rings. The molecule has 5 heteroatoms. The molecule has 0 saturated heterocycles. The second kappa shape index (κ2) is 4.87. The van der Waals surface area contributed by atoms with Crippen molar-refractivity contribution < 1.29 is 0 Å². The maximum atomic E-state index is 5.68. The molecule has 2 rings (SSSR count). The lowest BCUT2D eigenvalue weighted by molar-refractivity contribution is 0.685. The van der Waals surface area contributed by atoms with Gasteiger partial charge in [-0.2, -0.15) is 0 Å². The molecule has 0 radical (unpaired) electrons. The highest BCUT2D eigenvalue weighted by atomic mass is 15.2. The number of aromatic nitrogens is 2. The molecule has 1 aliphatic carbocycles. The van der Waals surface area contributed by atoms with Crippen molar-refractivity contribution in [1.82, 2.24) is 9.97 Å². The molecule has 0 aromatic carbocycles. The Balaban J connectivity index is 2.17. The fourth-order valence-electron chi connectivity index (χ4n) is 1.63. The second-order valence-corrected chi connectivity index (χ2v) is 4.77. The van der Waals surface area contributed by atoms with Gasteiger partial charge >= 0.3 is 0 Å². The first-order valence-electron chi connectivity index (χ1n) is 6.15. The molecule has 3 N–H and O–H groups in total. The number of hydrogen-bond acceptors (Lipinski definition) is 5. The number of nitrogens with zero attached hydrogens (tertiary/aromatic N) is 3. The zero-order valence-corrected chi connectivity index (χ0v) is 10.8. The van der Waals surface area contributed by atoms with E-state index in [1.165, 1.54) is 12.8 Å². The van der Waals surface area contributed by atoms with Gasteiger partial charge in [0.1, 0.15) is 17.5 Å². The fourth-order valence-corrected chi connectivity index (χ4v) is 1.63. The summed E-state index contributed by atoms with van der Waals surface area (Å²) in [7, 11) is 2.01. The minimum Gasteiger partial charge on any atom is -0.367 e. The third-order valence-corrected chi connectivity index (χ3v) is 3.12. The van der Waals surface area contributed by atoms with E-state index in [-0.39, 0.29) is 6.04 Å². The molecule has 1 heterocycles. The number of anilines is 2. The van der Waals surface area contributed by atoms with Crippen LogP contribution in [0, 0.1) is 6.92 Å². The Hall–Kier alpha value is -1.36. The summed E-state index contributed by atoms with van der Waals surface area (Å²) < 4.78 is 0. The fraction of sp³-hybridized carbons (Fsp3) is 0.667. The second-order valence-electron chi connectivity index (χ2n) is 4.77. The number of nitrogens with one attached hydrogen (secondary N) is 1. The van der Waals surface area contributed by atoms with Crippen LogP contribution >= 0.6 is 0 Å². The van der Waals surface area contributed by atoms with Crippen LogP contribution in [0.25, 0.3) is 0 Å². The molecule has 1 saturated carbocycles. The lowest BCUT2D eigenvalue weighted by atomic mass is 10.3. The van der Waals surface area contributed by atoms with Crippen LogP contribution in [0.1, 0.15) is 25.6 Å². The van der Waals surface area contributed by atoms with Crippen LogP contribution in [0.15, 0.2) is 6.07 Å². The van der Waals surface area contributed by atoms with E-state index in [9.17, 15) is 0 Å². The van der Waals surface area contributed by atoms with Crippen molar-refractivity contribution in [3.05, 3.63) is 11.9 Å². The van der Waals surface area contributed by atoms with Crippen molar-refractivity contribution in [2.24, 2.45) is 5.73 Å². The summed E-state index contributed by atoms with van der Waals surface area (Å²) in [5.41, 5.74) is 5.68. The smallest absolute Gasteiger partial charge is 0.134 e. The lowest BCUT2D eigenvalue weighted by Crippen LogP contribution is -2.36. The van der Waals surface area contributed by atoms with Crippen molar-refractivity contribution >= 4 is 11.6 Å². The van der Waals surface area contributed by atoms with Gasteiger partial charge in [-0.1, -0.05) is 0 Å². The molecular weight excluding hydrogens is 214 g/mol. The van der Waals surface area contributed by atoms with E-state index in [4.69, 9.17) is 5.73 Å². The van der Waals surface area contributed by atoms with Gasteiger partial charge in [-0.05, 0) is 26.7 Å². The van der Waals surface area contributed by atoms with Gasteiger partial charge in [-0.25, -0.2) is 9.97 Å². The van der Waals surface area contributed by atoms with Crippen molar-refractivity contribution in [1.29, 1.82) is 0 Å². The largest absolute Gasteiger partial charge is 0.367 e. The first-order chi connectivity index (χ1) is 8.10. The third kappa shape index (κ3) is 3.06. The Morgan fingerprint density at radius 3 is 2.82 bits per heavy atom. The van der Waals surface area contributed by atoms with E-state index in [1.54, 1.807) is 0 Å². The average molecular weight is 235 g/mol. The van der Waals surface area contributed by atoms with Gasteiger partial charge in [0.25, 0.3) is 0 Å². The van der Waals surface area contributed by atoms with Crippen LogP contribution in [0.4, 0.5) is 11.6 Å². The summed E-state index contributed by atoms with van der Waals surface area (Å²) >= 11 is 0. The molecule has 1 fully saturated rings. The summed E-state index contributed by atoms with van der Waals surface area (Å²) in [6, 6.07) is 2.88. The van der Waals surface area contributed by atoms with Crippen LogP contribution in [0.5, 0.6) is 0 Å². The maximum absolute atomic E-state index is 5.68. The summed E-state index contributed by atoms with van der Waals surface area (Å²) in [5, 5.41) is 3.40. The predicted molar refractivity (Wildman–Crippen MR) is 70.3 cm³/mol. The van der Waals surface area contributed by atoms with E-state index in [0.29, 0.717) is 12.6 Å². The normalized spacial score (nSPS) is 16.7. The van der Waals surface area contributed by atoms with E-state index in [0.717, 1.165) is 17.5 Å². The number of aryl methyl sites for hydroxylation is 1. The topological polar surface area (TPSA) is 67.1 Å². The van der Waals surface area contributed by atoms with Crippen LogP contribution in [0.3, 0.4) is 0 Å². The van der Waals surface area contributed by atoms with Crippen LogP contribution in [-0.2, 0) is 0 Å². The van der Waals surface area contributed by atoms with E-state index in [1.807, 2.05) is 20.0 Å². The maximum Gasteiger partial charge on any atom is 0.134 e. The quantitative estimate of drug-likeness (QED) is 0.801. The molecular formula is C12H21N5. The first-order valence-corrected chi connectivity index (χ1v) is 6.15. The molecule has 17 heavy (non-hydrogen) atoms. The molecule has 94 valence electrons. The SMILES string of the molecule is Cc1nc(NC2CC2)cc(N(C)C(C)CN)n1. The molecule has 0 spiro atoms. The Labute approximate surface area is 102 Å².